The molecular formula is C24H27F4N5O5. The average Bonchev–Trinajstić information content (AvgIpc) is 3.36. The van der Waals surface area contributed by atoms with Gasteiger partial charge >= 0.3 is 12.3 Å². The van der Waals surface area contributed by atoms with Gasteiger partial charge in [-0.2, -0.15) is 13.2 Å². The van der Waals surface area contributed by atoms with Crippen LogP contribution in [0.3, 0.4) is 0 Å². The van der Waals surface area contributed by atoms with Gasteiger partial charge in [-0.1, -0.05) is 12.1 Å². The lowest BCUT2D eigenvalue weighted by atomic mass is 9.88. The minimum absolute atomic E-state index is 0.0319. The first-order valence-electron chi connectivity index (χ1n) is 12.4. The third-order valence-corrected chi connectivity index (χ3v) is 7.62. The second-order valence-corrected chi connectivity index (χ2v) is 10.2. The van der Waals surface area contributed by atoms with Crippen LogP contribution in [0.25, 0.3) is 0 Å². The number of fused-ring (bicyclic) bond motifs is 1. The first-order valence-corrected chi connectivity index (χ1v) is 12.4. The largest absolute Gasteiger partial charge is 0.446 e. The Morgan fingerprint density at radius 3 is 2.58 bits per heavy atom. The minimum Gasteiger partial charge on any atom is -0.446 e. The molecule has 0 aromatic heterocycles. The number of alkyl halides is 3. The maximum atomic E-state index is 15.2. The summed E-state index contributed by atoms with van der Waals surface area (Å²) in [6.45, 7) is 1.49. The summed E-state index contributed by atoms with van der Waals surface area (Å²) in [6.07, 6.45) is -4.69. The zero-order chi connectivity index (χ0) is 27.4. The van der Waals surface area contributed by atoms with Gasteiger partial charge in [0.2, 0.25) is 11.8 Å². The molecule has 3 aliphatic heterocycles. The van der Waals surface area contributed by atoms with E-state index in [9.17, 15) is 32.3 Å². The molecule has 0 spiro atoms. The normalized spacial score (nSPS) is 29.7. The van der Waals surface area contributed by atoms with Crippen LogP contribution in [0, 0.1) is 5.82 Å². The maximum absolute atomic E-state index is 15.2. The predicted octanol–water partition coefficient (Wildman–Crippen LogP) is 1.87. The molecule has 5 rings (SSSR count). The predicted molar refractivity (Wildman–Crippen MR) is 121 cm³/mol. The monoisotopic (exact) mass is 541 g/mol. The number of amides is 4. The van der Waals surface area contributed by atoms with E-state index in [1.165, 1.54) is 11.0 Å². The molecule has 3 fully saturated rings. The number of halogens is 4. The average molecular weight is 542 g/mol. The Hall–Kier alpha value is -3.26. The lowest BCUT2D eigenvalue weighted by Gasteiger charge is -2.42. The van der Waals surface area contributed by atoms with Crippen LogP contribution in [0.15, 0.2) is 12.1 Å². The van der Waals surface area contributed by atoms with E-state index in [1.807, 2.05) is 0 Å². The molecule has 1 aromatic carbocycles. The molecule has 1 aliphatic carbocycles. The number of hydrogen-bond acceptors (Lipinski definition) is 7. The van der Waals surface area contributed by atoms with Crippen molar-refractivity contribution in [2.24, 2.45) is 0 Å². The molecule has 3 atom stereocenters. The lowest BCUT2D eigenvalue weighted by molar-refractivity contribution is -0.159. The van der Waals surface area contributed by atoms with Crippen LogP contribution in [0.5, 0.6) is 0 Å². The number of alkyl carbamates (subject to hydrolysis) is 1. The van der Waals surface area contributed by atoms with Gasteiger partial charge in [0, 0.05) is 50.0 Å². The number of benzene rings is 1. The molecule has 3 N–H and O–H groups in total. The third-order valence-electron chi connectivity index (χ3n) is 7.62. The Labute approximate surface area is 215 Å². The molecule has 4 amide bonds. The first kappa shape index (κ1) is 26.4. The number of hydrogen-bond donors (Lipinski definition) is 3. The number of piperidine rings is 1. The summed E-state index contributed by atoms with van der Waals surface area (Å²) < 4.78 is 59.4. The molecule has 3 unspecified atom stereocenters. The van der Waals surface area contributed by atoms with E-state index in [0.717, 1.165) is 0 Å². The van der Waals surface area contributed by atoms with Gasteiger partial charge in [-0.3, -0.25) is 19.7 Å². The molecule has 206 valence electrons. The van der Waals surface area contributed by atoms with E-state index in [4.69, 9.17) is 4.74 Å². The van der Waals surface area contributed by atoms with Gasteiger partial charge in [0.1, 0.15) is 24.0 Å². The lowest BCUT2D eigenvalue weighted by Crippen LogP contribution is -2.56. The Balaban J connectivity index is 1.12. The van der Waals surface area contributed by atoms with Gasteiger partial charge in [-0.05, 0) is 25.3 Å². The van der Waals surface area contributed by atoms with Gasteiger partial charge < -0.3 is 15.0 Å². The van der Waals surface area contributed by atoms with E-state index in [0.29, 0.717) is 18.4 Å². The maximum Gasteiger partial charge on any atom is 0.407 e. The minimum atomic E-state index is -4.33. The smallest absolute Gasteiger partial charge is 0.407 e. The number of hydrazine groups is 1. The Morgan fingerprint density at radius 1 is 1.18 bits per heavy atom. The van der Waals surface area contributed by atoms with E-state index in [1.54, 1.807) is 18.0 Å². The van der Waals surface area contributed by atoms with Crippen molar-refractivity contribution in [2.75, 3.05) is 0 Å². The van der Waals surface area contributed by atoms with Crippen LogP contribution >= 0.6 is 0 Å². The third kappa shape index (κ3) is 4.94. The number of imide groups is 1. The highest BCUT2D eigenvalue weighted by Gasteiger charge is 2.50. The molecule has 0 bridgehead atoms. The van der Waals surface area contributed by atoms with E-state index < -0.39 is 54.0 Å². The van der Waals surface area contributed by atoms with Crippen LogP contribution in [-0.4, -0.2) is 70.2 Å². The van der Waals surface area contributed by atoms with Crippen molar-refractivity contribution >= 4 is 23.8 Å². The second-order valence-electron chi connectivity index (χ2n) is 10.2. The van der Waals surface area contributed by atoms with Crippen molar-refractivity contribution in [1.29, 1.82) is 0 Å². The summed E-state index contributed by atoms with van der Waals surface area (Å²) in [4.78, 5) is 50.0. The number of rotatable bonds is 5. The van der Waals surface area contributed by atoms with Crippen molar-refractivity contribution in [3.63, 3.8) is 0 Å². The summed E-state index contributed by atoms with van der Waals surface area (Å²) in [5.74, 6) is -2.48. The fourth-order valence-electron chi connectivity index (χ4n) is 5.50. The van der Waals surface area contributed by atoms with Gasteiger partial charge in [0.15, 0.2) is 0 Å². The summed E-state index contributed by atoms with van der Waals surface area (Å²) in [5, 5.41) is 6.21. The quantitative estimate of drug-likeness (QED) is 0.385. The molecule has 4 aliphatic rings. The van der Waals surface area contributed by atoms with Crippen LogP contribution in [0.4, 0.5) is 22.4 Å². The fourth-order valence-corrected chi connectivity index (χ4v) is 5.50. The van der Waals surface area contributed by atoms with Gasteiger partial charge in [-0.25, -0.2) is 19.6 Å². The van der Waals surface area contributed by atoms with E-state index >= 15 is 4.39 Å². The van der Waals surface area contributed by atoms with Crippen molar-refractivity contribution in [3.05, 3.63) is 34.6 Å². The number of carbonyl (C=O) groups excluding carboxylic acids is 4. The number of nitrogens with zero attached hydrogens (tertiary/aromatic N) is 2. The van der Waals surface area contributed by atoms with Crippen molar-refractivity contribution in [2.45, 2.75) is 88.6 Å². The Kier molecular flexibility index (Phi) is 6.80. The molecule has 1 saturated carbocycles. The van der Waals surface area contributed by atoms with Crippen molar-refractivity contribution in [3.8, 4) is 0 Å². The zero-order valence-electron chi connectivity index (χ0n) is 20.4. The van der Waals surface area contributed by atoms with E-state index in [-0.39, 0.29) is 55.6 Å². The van der Waals surface area contributed by atoms with Crippen molar-refractivity contribution in [1.82, 2.24) is 26.0 Å². The molecule has 10 nitrogen and oxygen atoms in total. The Morgan fingerprint density at radius 2 is 1.92 bits per heavy atom. The van der Waals surface area contributed by atoms with Crippen LogP contribution in [0.2, 0.25) is 0 Å². The zero-order valence-corrected chi connectivity index (χ0v) is 20.4. The summed E-state index contributed by atoms with van der Waals surface area (Å²) >= 11 is 0. The molecule has 14 heteroatoms. The summed E-state index contributed by atoms with van der Waals surface area (Å²) in [6, 6.07) is 0.0332. The second kappa shape index (κ2) is 9.80. The number of carbonyl (C=O) groups is 4. The molecule has 2 saturated heterocycles. The van der Waals surface area contributed by atoms with Crippen LogP contribution in [-0.2, 0) is 27.4 Å². The number of nitrogens with one attached hydrogen (secondary N) is 3. The number of ether oxygens (including phenoxy) is 1. The molecule has 0 radical (unpaired) electrons. The molecule has 3 heterocycles. The highest BCUT2D eigenvalue weighted by molar-refractivity contribution is 6.05. The van der Waals surface area contributed by atoms with Crippen LogP contribution < -0.4 is 16.1 Å². The summed E-state index contributed by atoms with van der Waals surface area (Å²) in [5.41, 5.74) is 2.79. The Bertz CT molecular complexity index is 1170. The molecule has 38 heavy (non-hydrogen) atoms. The fraction of sp³-hybridized carbons (Fsp3) is 0.583. The standard InChI is InChI=1S/C24H27F4N5O5/c1-11-6-17(24(26,27)28)31-33(11)14-7-15(8-14)38-23(37)29-9-12-2-3-13-10-32(22(36)19(13)20(12)25)16-4-5-18(34)30-21(16)35/h2-3,11,14-17,31H,4-10H2,1H3,(H,29,37)(H,30,34,35). The highest BCUT2D eigenvalue weighted by atomic mass is 19.4. The van der Waals surface area contributed by atoms with Crippen molar-refractivity contribution < 1.29 is 41.5 Å². The first-order chi connectivity index (χ1) is 17.9. The van der Waals surface area contributed by atoms with Crippen LogP contribution in [0.1, 0.15) is 60.5 Å². The van der Waals surface area contributed by atoms with Gasteiger partial charge in [0.05, 0.1) is 5.56 Å². The SMILES string of the molecule is CC1CC(C(F)(F)F)NN1C1CC(OC(=O)NCc2ccc3c(c2F)C(=O)N(C2CCC(=O)NC2=O)C3)C1. The van der Waals surface area contributed by atoms with Gasteiger partial charge in [-0.15, -0.1) is 0 Å². The van der Waals surface area contributed by atoms with Gasteiger partial charge in [0.25, 0.3) is 5.91 Å². The molecular weight excluding hydrogens is 514 g/mol. The topological polar surface area (TPSA) is 120 Å². The highest BCUT2D eigenvalue weighted by Crippen LogP contribution is 2.36. The molecule has 1 aromatic rings. The summed E-state index contributed by atoms with van der Waals surface area (Å²) in [7, 11) is 0. The van der Waals surface area contributed by atoms with E-state index in [2.05, 4.69) is 16.1 Å².